The molecule has 2 heterocycles. The highest BCUT2D eigenvalue weighted by Crippen LogP contribution is 2.18. The number of hydrogen-bond donors (Lipinski definition) is 1. The van der Waals surface area contributed by atoms with E-state index >= 15 is 0 Å². The molecule has 1 N–H and O–H groups in total. The molecule has 7 heteroatoms. The van der Waals surface area contributed by atoms with Gasteiger partial charge in [0.2, 0.25) is 0 Å². The monoisotopic (exact) mass is 332 g/mol. The highest BCUT2D eigenvalue weighted by Gasteiger charge is 2.10. The van der Waals surface area contributed by atoms with Crippen molar-refractivity contribution in [1.82, 2.24) is 14.8 Å². The Labute approximate surface area is 122 Å². The van der Waals surface area contributed by atoms with Gasteiger partial charge >= 0.3 is 0 Å². The van der Waals surface area contributed by atoms with Crippen molar-refractivity contribution in [3.05, 3.63) is 59.5 Å². The van der Waals surface area contributed by atoms with E-state index in [1.807, 2.05) is 18.2 Å². The molecule has 0 fully saturated rings. The minimum Gasteiger partial charge on any atom is -0.444 e. The Morgan fingerprint density at radius 1 is 1.20 bits per heavy atom. The van der Waals surface area contributed by atoms with E-state index in [1.165, 1.54) is 0 Å². The quantitative estimate of drug-likeness (QED) is 0.800. The third-order valence-corrected chi connectivity index (χ3v) is 3.04. The number of amides is 1. The lowest BCUT2D eigenvalue weighted by molar-refractivity contribution is 0.0995. The Balaban J connectivity index is 1.81. The highest BCUT2D eigenvalue weighted by molar-refractivity contribution is 9.10. The zero-order valence-electron chi connectivity index (χ0n) is 10.2. The van der Waals surface area contributed by atoms with Gasteiger partial charge in [-0.1, -0.05) is 6.07 Å². The number of aromatic nitrogens is 3. The van der Waals surface area contributed by atoms with Crippen LogP contribution >= 0.6 is 15.9 Å². The van der Waals surface area contributed by atoms with Crippen LogP contribution in [-0.4, -0.2) is 20.7 Å². The van der Waals surface area contributed by atoms with Crippen molar-refractivity contribution in [3.63, 3.8) is 0 Å². The maximum atomic E-state index is 12.0. The smallest absolute Gasteiger partial charge is 0.291 e. The van der Waals surface area contributed by atoms with Crippen LogP contribution in [0.2, 0.25) is 0 Å². The average molecular weight is 333 g/mol. The minimum absolute atomic E-state index is 0.242. The van der Waals surface area contributed by atoms with Gasteiger partial charge in [0, 0.05) is 5.69 Å². The Morgan fingerprint density at radius 2 is 2.00 bits per heavy atom. The summed E-state index contributed by atoms with van der Waals surface area (Å²) in [6.45, 7) is 0. The molecule has 3 aromatic rings. The van der Waals surface area contributed by atoms with Crippen molar-refractivity contribution >= 4 is 27.5 Å². The van der Waals surface area contributed by atoms with E-state index in [4.69, 9.17) is 4.42 Å². The van der Waals surface area contributed by atoms with Gasteiger partial charge in [-0.05, 0) is 46.3 Å². The summed E-state index contributed by atoms with van der Waals surface area (Å²) in [5.74, 6) is -0.0665. The number of nitrogens with zero attached hydrogens (tertiary/aromatic N) is 3. The summed E-state index contributed by atoms with van der Waals surface area (Å²) in [5.41, 5.74) is 1.52. The first-order valence-electron chi connectivity index (χ1n) is 5.74. The maximum absolute atomic E-state index is 12.0. The van der Waals surface area contributed by atoms with Crippen LogP contribution in [0.5, 0.6) is 0 Å². The van der Waals surface area contributed by atoms with E-state index < -0.39 is 0 Å². The lowest BCUT2D eigenvalue weighted by Gasteiger charge is -2.06. The Kier molecular flexibility index (Phi) is 3.34. The van der Waals surface area contributed by atoms with Crippen molar-refractivity contribution in [2.45, 2.75) is 0 Å². The number of hydrogen-bond acceptors (Lipinski definition) is 4. The van der Waals surface area contributed by atoms with Gasteiger partial charge in [0.15, 0.2) is 10.4 Å². The number of anilines is 1. The van der Waals surface area contributed by atoms with Crippen LogP contribution in [0.4, 0.5) is 5.69 Å². The van der Waals surface area contributed by atoms with E-state index in [-0.39, 0.29) is 11.7 Å². The molecule has 0 aliphatic carbocycles. The Morgan fingerprint density at radius 3 is 2.70 bits per heavy atom. The number of benzene rings is 1. The van der Waals surface area contributed by atoms with Crippen LogP contribution in [0.3, 0.4) is 0 Å². The molecule has 0 radical (unpaired) electrons. The van der Waals surface area contributed by atoms with Gasteiger partial charge in [0.05, 0.1) is 5.69 Å². The Bertz CT molecular complexity index is 736. The second kappa shape index (κ2) is 5.30. The standard InChI is InChI=1S/C13H9BrN4O2/c14-12-5-4-11(20-12)13(19)17-9-2-1-3-10(6-9)18-7-15-16-8-18/h1-8H,(H,17,19). The molecule has 0 atom stereocenters. The van der Waals surface area contributed by atoms with E-state index in [2.05, 4.69) is 31.4 Å². The van der Waals surface area contributed by atoms with Gasteiger partial charge in [-0.15, -0.1) is 10.2 Å². The predicted octanol–water partition coefficient (Wildman–Crippen LogP) is 2.88. The fourth-order valence-electron chi connectivity index (χ4n) is 1.71. The van der Waals surface area contributed by atoms with Gasteiger partial charge in [-0.3, -0.25) is 9.36 Å². The summed E-state index contributed by atoms with van der Waals surface area (Å²) < 4.78 is 7.46. The van der Waals surface area contributed by atoms with Crippen molar-refractivity contribution in [2.75, 3.05) is 5.32 Å². The number of halogens is 1. The van der Waals surface area contributed by atoms with Crippen LogP contribution in [0.15, 0.2) is 58.1 Å². The summed E-state index contributed by atoms with van der Waals surface area (Å²) >= 11 is 3.16. The molecule has 6 nitrogen and oxygen atoms in total. The van der Waals surface area contributed by atoms with Crippen molar-refractivity contribution in [3.8, 4) is 5.69 Å². The maximum Gasteiger partial charge on any atom is 0.291 e. The Hall–Kier alpha value is -2.41. The number of nitrogens with one attached hydrogen (secondary N) is 1. The molecule has 0 unspecified atom stereocenters. The van der Waals surface area contributed by atoms with E-state index in [0.717, 1.165) is 5.69 Å². The SMILES string of the molecule is O=C(Nc1cccc(-n2cnnc2)c1)c1ccc(Br)o1. The van der Waals surface area contributed by atoms with Crippen LogP contribution in [0.1, 0.15) is 10.6 Å². The first kappa shape index (κ1) is 12.6. The van der Waals surface area contributed by atoms with Crippen LogP contribution in [0, 0.1) is 0 Å². The van der Waals surface area contributed by atoms with Crippen molar-refractivity contribution in [2.24, 2.45) is 0 Å². The molecule has 0 saturated heterocycles. The van der Waals surface area contributed by atoms with Gasteiger partial charge in [-0.25, -0.2) is 0 Å². The second-order valence-corrected chi connectivity index (χ2v) is 4.76. The molecule has 0 aliphatic rings. The molecule has 0 spiro atoms. The van der Waals surface area contributed by atoms with E-state index in [9.17, 15) is 4.79 Å². The normalized spacial score (nSPS) is 10.4. The summed E-state index contributed by atoms with van der Waals surface area (Å²) in [6.07, 6.45) is 3.18. The van der Waals surface area contributed by atoms with Crippen LogP contribution < -0.4 is 5.32 Å². The molecule has 3 rings (SSSR count). The third kappa shape index (κ3) is 2.62. The lowest BCUT2D eigenvalue weighted by Crippen LogP contribution is -2.11. The molecule has 0 aliphatic heterocycles. The second-order valence-electron chi connectivity index (χ2n) is 3.98. The van der Waals surface area contributed by atoms with Gasteiger partial charge in [0.25, 0.3) is 5.91 Å². The molecule has 20 heavy (non-hydrogen) atoms. The summed E-state index contributed by atoms with van der Waals surface area (Å²) in [7, 11) is 0. The largest absolute Gasteiger partial charge is 0.444 e. The molecule has 1 amide bonds. The minimum atomic E-state index is -0.309. The molecule has 100 valence electrons. The molecule has 0 bridgehead atoms. The topological polar surface area (TPSA) is 73.0 Å². The average Bonchev–Trinajstić information content (AvgIpc) is 3.10. The first-order chi connectivity index (χ1) is 9.72. The number of carbonyl (C=O) groups excluding carboxylic acids is 1. The number of rotatable bonds is 3. The van der Waals surface area contributed by atoms with Crippen molar-refractivity contribution < 1.29 is 9.21 Å². The molecule has 2 aromatic heterocycles. The molecule has 0 saturated carbocycles. The van der Waals surface area contributed by atoms with Crippen LogP contribution in [-0.2, 0) is 0 Å². The highest BCUT2D eigenvalue weighted by atomic mass is 79.9. The third-order valence-electron chi connectivity index (χ3n) is 2.62. The van der Waals surface area contributed by atoms with Crippen LogP contribution in [0.25, 0.3) is 5.69 Å². The molecule has 1 aromatic carbocycles. The predicted molar refractivity (Wildman–Crippen MR) is 75.7 cm³/mol. The summed E-state index contributed by atoms with van der Waals surface area (Å²) in [5, 5.41) is 10.3. The zero-order chi connectivity index (χ0) is 13.9. The van der Waals surface area contributed by atoms with Gasteiger partial charge in [0.1, 0.15) is 12.7 Å². The fourth-order valence-corrected chi connectivity index (χ4v) is 2.01. The molecular weight excluding hydrogens is 324 g/mol. The fraction of sp³-hybridized carbons (Fsp3) is 0. The van der Waals surface area contributed by atoms with Gasteiger partial charge < -0.3 is 9.73 Å². The number of furan rings is 1. The first-order valence-corrected chi connectivity index (χ1v) is 6.53. The molecular formula is C13H9BrN4O2. The van der Waals surface area contributed by atoms with E-state index in [0.29, 0.717) is 10.4 Å². The summed E-state index contributed by atoms with van der Waals surface area (Å²) in [6, 6.07) is 10.6. The van der Waals surface area contributed by atoms with Crippen molar-refractivity contribution in [1.29, 1.82) is 0 Å². The van der Waals surface area contributed by atoms with Gasteiger partial charge in [-0.2, -0.15) is 0 Å². The summed E-state index contributed by atoms with van der Waals surface area (Å²) in [4.78, 5) is 12.0. The van der Waals surface area contributed by atoms with E-state index in [1.54, 1.807) is 35.4 Å². The lowest BCUT2D eigenvalue weighted by atomic mass is 10.2. The number of carbonyl (C=O) groups is 1. The zero-order valence-corrected chi connectivity index (χ0v) is 11.7.